The van der Waals surface area contributed by atoms with Gasteiger partial charge in [-0.3, -0.25) is 14.4 Å². The van der Waals surface area contributed by atoms with Crippen LogP contribution in [0.25, 0.3) is 0 Å². The summed E-state index contributed by atoms with van der Waals surface area (Å²) < 4.78 is 16.9. The zero-order chi connectivity index (χ0) is 50.0. The number of hydrogen-bond acceptors (Lipinski definition) is 6. The predicted molar refractivity (Wildman–Crippen MR) is 298 cm³/mol. The van der Waals surface area contributed by atoms with Gasteiger partial charge < -0.3 is 14.2 Å². The minimum Gasteiger partial charge on any atom is -0.462 e. The van der Waals surface area contributed by atoms with Crippen molar-refractivity contribution in [1.82, 2.24) is 0 Å². The van der Waals surface area contributed by atoms with E-state index in [-0.39, 0.29) is 31.1 Å². The molecule has 0 bridgehead atoms. The maximum Gasteiger partial charge on any atom is 0.306 e. The van der Waals surface area contributed by atoms with Gasteiger partial charge in [-0.25, -0.2) is 0 Å². The van der Waals surface area contributed by atoms with Crippen LogP contribution < -0.4 is 0 Å². The molecule has 0 spiro atoms. The van der Waals surface area contributed by atoms with Crippen LogP contribution >= 0.6 is 0 Å². The summed E-state index contributed by atoms with van der Waals surface area (Å²) in [5.74, 6) is -0.844. The molecule has 0 aliphatic carbocycles. The molecule has 1 unspecified atom stereocenters. The van der Waals surface area contributed by atoms with Gasteiger partial charge in [-0.15, -0.1) is 0 Å². The highest BCUT2D eigenvalue weighted by molar-refractivity contribution is 5.71. The Morgan fingerprint density at radius 3 is 0.797 bits per heavy atom. The van der Waals surface area contributed by atoms with E-state index in [9.17, 15) is 14.4 Å². The fourth-order valence-corrected chi connectivity index (χ4v) is 9.32. The topological polar surface area (TPSA) is 78.9 Å². The number of ether oxygens (including phenoxy) is 3. The smallest absolute Gasteiger partial charge is 0.306 e. The highest BCUT2D eigenvalue weighted by Gasteiger charge is 2.19. The van der Waals surface area contributed by atoms with E-state index in [4.69, 9.17) is 14.2 Å². The second-order valence-corrected chi connectivity index (χ2v) is 21.0. The summed E-state index contributed by atoms with van der Waals surface area (Å²) in [6.07, 6.45) is 68.9. The lowest BCUT2D eigenvalue weighted by atomic mass is 10.0. The van der Waals surface area contributed by atoms with Gasteiger partial charge in [0.2, 0.25) is 0 Å². The van der Waals surface area contributed by atoms with Crippen molar-refractivity contribution >= 4 is 17.9 Å². The van der Waals surface area contributed by atoms with Crippen molar-refractivity contribution in [1.29, 1.82) is 0 Å². The Kier molecular flexibility index (Phi) is 56.7. The second-order valence-electron chi connectivity index (χ2n) is 21.0. The zero-order valence-electron chi connectivity index (χ0n) is 46.6. The molecule has 0 N–H and O–H groups in total. The maximum atomic E-state index is 12.9. The number of carbonyl (C=O) groups excluding carboxylic acids is 3. The SMILES string of the molecule is CCCCC/C=C\C=C/CCCCCCCCCCCCC(=O)OCC(COC(=O)CCCCCCCCCCCCCCC)OC(=O)CCCCCCCCCCCCCCCCCCCCC. The molecule has 0 heterocycles. The van der Waals surface area contributed by atoms with Gasteiger partial charge in [-0.2, -0.15) is 0 Å². The van der Waals surface area contributed by atoms with E-state index < -0.39 is 6.10 Å². The van der Waals surface area contributed by atoms with Crippen LogP contribution in [0.1, 0.15) is 342 Å². The van der Waals surface area contributed by atoms with Gasteiger partial charge in [0, 0.05) is 19.3 Å². The number of esters is 3. The molecule has 0 amide bonds. The van der Waals surface area contributed by atoms with E-state index in [0.717, 1.165) is 57.8 Å². The van der Waals surface area contributed by atoms with Crippen molar-refractivity contribution in [2.75, 3.05) is 13.2 Å². The molecule has 1 atom stereocenters. The molecule has 0 aromatic carbocycles. The molecule has 0 aliphatic rings. The van der Waals surface area contributed by atoms with Gasteiger partial charge in [-0.05, 0) is 44.9 Å². The summed E-state index contributed by atoms with van der Waals surface area (Å²) in [7, 11) is 0. The molecule has 406 valence electrons. The summed E-state index contributed by atoms with van der Waals surface area (Å²) in [5.41, 5.74) is 0. The highest BCUT2D eigenvalue weighted by atomic mass is 16.6. The molecule has 0 aromatic rings. The summed E-state index contributed by atoms with van der Waals surface area (Å²) in [6, 6.07) is 0. The molecule has 0 radical (unpaired) electrons. The van der Waals surface area contributed by atoms with Crippen molar-refractivity contribution in [2.24, 2.45) is 0 Å². The average molecular weight is 972 g/mol. The van der Waals surface area contributed by atoms with Crippen LogP contribution in [0.5, 0.6) is 0 Å². The zero-order valence-corrected chi connectivity index (χ0v) is 46.6. The van der Waals surface area contributed by atoms with E-state index in [2.05, 4.69) is 45.1 Å². The molecule has 0 aromatic heterocycles. The van der Waals surface area contributed by atoms with Crippen LogP contribution in [0.2, 0.25) is 0 Å². The fourth-order valence-electron chi connectivity index (χ4n) is 9.32. The van der Waals surface area contributed by atoms with Crippen LogP contribution in [0.15, 0.2) is 24.3 Å². The van der Waals surface area contributed by atoms with E-state index >= 15 is 0 Å². The lowest BCUT2D eigenvalue weighted by Crippen LogP contribution is -2.30. The van der Waals surface area contributed by atoms with Gasteiger partial charge >= 0.3 is 17.9 Å². The Hall–Kier alpha value is -2.11. The fraction of sp³-hybridized carbons (Fsp3) is 0.889. The van der Waals surface area contributed by atoms with Crippen molar-refractivity contribution in [3.05, 3.63) is 24.3 Å². The first kappa shape index (κ1) is 66.9. The number of unbranched alkanes of at least 4 members (excludes halogenated alkanes) is 43. The Bertz CT molecular complexity index is 1110. The van der Waals surface area contributed by atoms with Crippen LogP contribution in [0.4, 0.5) is 0 Å². The minimum absolute atomic E-state index is 0.0661. The van der Waals surface area contributed by atoms with Gasteiger partial charge in [-0.1, -0.05) is 302 Å². The third-order valence-corrected chi connectivity index (χ3v) is 14.0. The van der Waals surface area contributed by atoms with Crippen molar-refractivity contribution in [3.8, 4) is 0 Å². The molecular formula is C63H118O6. The van der Waals surface area contributed by atoms with Crippen molar-refractivity contribution < 1.29 is 28.6 Å². The molecule has 0 rings (SSSR count). The van der Waals surface area contributed by atoms with E-state index in [0.29, 0.717) is 19.3 Å². The Balaban J connectivity index is 4.29. The number of rotatable bonds is 57. The third kappa shape index (κ3) is 56.7. The number of carbonyl (C=O) groups is 3. The first-order chi connectivity index (χ1) is 34.0. The molecule has 0 fully saturated rings. The standard InChI is InChI=1S/C63H118O6/c1-4-7-10-13-16-19-22-25-27-29-31-33-35-38-41-44-47-50-53-56-62(65)68-59-60(58-67-61(64)55-52-49-46-43-40-37-24-21-18-15-12-9-6-3)69-63(66)57-54-51-48-45-42-39-36-34-32-30-28-26-23-20-17-14-11-8-5-2/h16,19,22,25,60H,4-15,17-18,20-21,23-24,26-59H2,1-3H3/b19-16-,25-22-. The normalized spacial score (nSPS) is 12.1. The highest BCUT2D eigenvalue weighted by Crippen LogP contribution is 2.18. The lowest BCUT2D eigenvalue weighted by Gasteiger charge is -2.18. The average Bonchev–Trinajstić information content (AvgIpc) is 3.35. The number of allylic oxidation sites excluding steroid dienone is 4. The molecule has 6 heteroatoms. The molecule has 6 nitrogen and oxygen atoms in total. The quantitative estimate of drug-likeness (QED) is 0.0261. The maximum absolute atomic E-state index is 12.9. The van der Waals surface area contributed by atoms with Crippen LogP contribution in [-0.2, 0) is 28.6 Å². The van der Waals surface area contributed by atoms with E-state index in [1.54, 1.807) is 0 Å². The van der Waals surface area contributed by atoms with Crippen LogP contribution in [0, 0.1) is 0 Å². The summed E-state index contributed by atoms with van der Waals surface area (Å²) >= 11 is 0. The Morgan fingerprint density at radius 2 is 0.507 bits per heavy atom. The van der Waals surface area contributed by atoms with Crippen LogP contribution in [0.3, 0.4) is 0 Å². The summed E-state index contributed by atoms with van der Waals surface area (Å²) in [6.45, 7) is 6.67. The Morgan fingerprint density at radius 1 is 0.290 bits per heavy atom. The monoisotopic (exact) mass is 971 g/mol. The molecule has 0 saturated carbocycles. The molecular weight excluding hydrogens is 853 g/mol. The third-order valence-electron chi connectivity index (χ3n) is 14.0. The van der Waals surface area contributed by atoms with Crippen molar-refractivity contribution in [3.63, 3.8) is 0 Å². The van der Waals surface area contributed by atoms with E-state index in [1.165, 1.54) is 244 Å². The molecule has 69 heavy (non-hydrogen) atoms. The molecule has 0 saturated heterocycles. The lowest BCUT2D eigenvalue weighted by molar-refractivity contribution is -0.167. The van der Waals surface area contributed by atoms with Gasteiger partial charge in [0.15, 0.2) is 6.10 Å². The van der Waals surface area contributed by atoms with Crippen LogP contribution in [-0.4, -0.2) is 37.2 Å². The van der Waals surface area contributed by atoms with E-state index in [1.807, 2.05) is 0 Å². The molecule has 0 aliphatic heterocycles. The Labute approximate surface area is 430 Å². The summed E-state index contributed by atoms with van der Waals surface area (Å²) in [5, 5.41) is 0. The van der Waals surface area contributed by atoms with Gasteiger partial charge in [0.1, 0.15) is 13.2 Å². The first-order valence-corrected chi connectivity index (χ1v) is 30.9. The first-order valence-electron chi connectivity index (χ1n) is 30.9. The van der Waals surface area contributed by atoms with Gasteiger partial charge in [0.05, 0.1) is 0 Å². The van der Waals surface area contributed by atoms with Crippen molar-refractivity contribution in [2.45, 2.75) is 348 Å². The largest absolute Gasteiger partial charge is 0.462 e. The minimum atomic E-state index is -0.768. The number of hydrogen-bond donors (Lipinski definition) is 0. The van der Waals surface area contributed by atoms with Gasteiger partial charge in [0.25, 0.3) is 0 Å². The second kappa shape index (κ2) is 58.5. The predicted octanol–water partition coefficient (Wildman–Crippen LogP) is 20.7. The summed E-state index contributed by atoms with van der Waals surface area (Å²) in [4.78, 5) is 38.2.